The molecule has 0 bridgehead atoms. The molecule has 8 heteroatoms. The Bertz CT molecular complexity index is 605. The number of morpholine rings is 1. The molecule has 2 fully saturated rings. The molecule has 0 saturated carbocycles. The molecule has 164 valence electrons. The lowest BCUT2D eigenvalue weighted by Gasteiger charge is -2.26. The van der Waals surface area contributed by atoms with Gasteiger partial charge in [-0.1, -0.05) is 18.2 Å². The number of benzene rings is 1. The summed E-state index contributed by atoms with van der Waals surface area (Å²) >= 11 is 0. The van der Waals surface area contributed by atoms with Crippen LogP contribution in [-0.4, -0.2) is 76.1 Å². The standard InChI is InChI=1S/C21H34N4O3.HI/c1-2-22-21(24-17-19-7-5-12-27-19)23-16-18-6-3-4-8-20(18)28-15-11-25-9-13-26-14-10-25;/h3-4,6,8,19H,2,5,7,9-17H2,1H3,(H2,22,23,24);1H. The molecule has 2 N–H and O–H groups in total. The normalized spacial score (nSPS) is 20.2. The zero-order valence-electron chi connectivity index (χ0n) is 17.4. The Morgan fingerprint density at radius 3 is 2.79 bits per heavy atom. The van der Waals surface area contributed by atoms with E-state index in [0.717, 1.165) is 82.7 Å². The van der Waals surface area contributed by atoms with Gasteiger partial charge in [-0.3, -0.25) is 4.90 Å². The predicted octanol–water partition coefficient (Wildman–Crippen LogP) is 2.25. The van der Waals surface area contributed by atoms with E-state index in [4.69, 9.17) is 19.2 Å². The number of para-hydroxylation sites is 1. The summed E-state index contributed by atoms with van der Waals surface area (Å²) in [6.07, 6.45) is 2.56. The summed E-state index contributed by atoms with van der Waals surface area (Å²) in [5.74, 6) is 1.73. The second-order valence-electron chi connectivity index (χ2n) is 7.12. The van der Waals surface area contributed by atoms with Crippen molar-refractivity contribution in [2.24, 2.45) is 4.99 Å². The Labute approximate surface area is 191 Å². The molecule has 1 unspecified atom stereocenters. The number of ether oxygens (including phenoxy) is 3. The first-order chi connectivity index (χ1) is 13.8. The van der Waals surface area contributed by atoms with Gasteiger partial charge in [-0.25, -0.2) is 4.99 Å². The van der Waals surface area contributed by atoms with Gasteiger partial charge in [0.05, 0.1) is 25.9 Å². The van der Waals surface area contributed by atoms with Crippen molar-refractivity contribution in [1.29, 1.82) is 0 Å². The average Bonchev–Trinajstić information content (AvgIpc) is 3.25. The van der Waals surface area contributed by atoms with Crippen molar-refractivity contribution in [2.75, 3.05) is 59.2 Å². The van der Waals surface area contributed by atoms with Crippen LogP contribution in [0, 0.1) is 0 Å². The van der Waals surface area contributed by atoms with Crippen LogP contribution in [0.2, 0.25) is 0 Å². The third kappa shape index (κ3) is 8.65. The summed E-state index contributed by atoms with van der Waals surface area (Å²) in [5.41, 5.74) is 1.10. The highest BCUT2D eigenvalue weighted by Gasteiger charge is 2.15. The zero-order chi connectivity index (χ0) is 19.4. The van der Waals surface area contributed by atoms with Crippen LogP contribution in [0.1, 0.15) is 25.3 Å². The minimum Gasteiger partial charge on any atom is -0.492 e. The molecular formula is C21H35IN4O3. The molecule has 7 nitrogen and oxygen atoms in total. The summed E-state index contributed by atoms with van der Waals surface area (Å²) in [6.45, 7) is 10.4. The predicted molar refractivity (Wildman–Crippen MR) is 126 cm³/mol. The number of aliphatic imine (C=N–C) groups is 1. The van der Waals surface area contributed by atoms with Crippen LogP contribution in [0.5, 0.6) is 5.75 Å². The first-order valence-corrected chi connectivity index (χ1v) is 10.5. The smallest absolute Gasteiger partial charge is 0.191 e. The molecular weight excluding hydrogens is 483 g/mol. The van der Waals surface area contributed by atoms with E-state index in [9.17, 15) is 0 Å². The van der Waals surface area contributed by atoms with Crippen LogP contribution >= 0.6 is 24.0 Å². The lowest BCUT2D eigenvalue weighted by atomic mass is 10.2. The maximum Gasteiger partial charge on any atom is 0.191 e. The van der Waals surface area contributed by atoms with Gasteiger partial charge < -0.3 is 24.8 Å². The van der Waals surface area contributed by atoms with E-state index in [1.54, 1.807) is 0 Å². The van der Waals surface area contributed by atoms with Gasteiger partial charge in [0.15, 0.2) is 5.96 Å². The van der Waals surface area contributed by atoms with E-state index in [-0.39, 0.29) is 24.0 Å². The number of guanidine groups is 1. The van der Waals surface area contributed by atoms with Gasteiger partial charge in [0, 0.05) is 44.9 Å². The fraction of sp³-hybridized carbons (Fsp3) is 0.667. The van der Waals surface area contributed by atoms with Gasteiger partial charge in [-0.15, -0.1) is 24.0 Å². The van der Waals surface area contributed by atoms with Gasteiger partial charge in [0.1, 0.15) is 12.4 Å². The highest BCUT2D eigenvalue weighted by atomic mass is 127. The molecule has 0 spiro atoms. The lowest BCUT2D eigenvalue weighted by molar-refractivity contribution is 0.0322. The first kappa shape index (κ1) is 24.2. The van der Waals surface area contributed by atoms with Crippen LogP contribution < -0.4 is 15.4 Å². The molecule has 0 radical (unpaired) electrons. The second kappa shape index (κ2) is 14.0. The van der Waals surface area contributed by atoms with E-state index < -0.39 is 0 Å². The first-order valence-electron chi connectivity index (χ1n) is 10.5. The van der Waals surface area contributed by atoms with Gasteiger partial charge in [-0.2, -0.15) is 0 Å². The van der Waals surface area contributed by atoms with E-state index in [1.807, 2.05) is 18.2 Å². The van der Waals surface area contributed by atoms with Crippen molar-refractivity contribution >= 4 is 29.9 Å². The minimum absolute atomic E-state index is 0. The number of halogens is 1. The van der Waals surface area contributed by atoms with Gasteiger partial charge in [0.25, 0.3) is 0 Å². The number of nitrogens with zero attached hydrogens (tertiary/aromatic N) is 2. The Morgan fingerprint density at radius 2 is 2.03 bits per heavy atom. The molecule has 1 aromatic carbocycles. The maximum absolute atomic E-state index is 6.06. The maximum atomic E-state index is 6.06. The fourth-order valence-electron chi connectivity index (χ4n) is 3.41. The average molecular weight is 518 g/mol. The topological polar surface area (TPSA) is 67.4 Å². The van der Waals surface area contributed by atoms with Gasteiger partial charge in [-0.05, 0) is 25.8 Å². The number of nitrogens with one attached hydrogen (secondary N) is 2. The van der Waals surface area contributed by atoms with E-state index in [1.165, 1.54) is 0 Å². The van der Waals surface area contributed by atoms with Crippen molar-refractivity contribution in [1.82, 2.24) is 15.5 Å². The number of hydrogen-bond acceptors (Lipinski definition) is 5. The number of rotatable bonds is 9. The molecule has 3 rings (SSSR count). The molecule has 2 aliphatic rings. The van der Waals surface area contributed by atoms with Crippen LogP contribution in [-0.2, 0) is 16.0 Å². The molecule has 1 aromatic rings. The summed E-state index contributed by atoms with van der Waals surface area (Å²) in [7, 11) is 0. The molecule has 2 aliphatic heterocycles. The summed E-state index contributed by atoms with van der Waals surface area (Å²) in [5, 5.41) is 6.70. The van der Waals surface area contributed by atoms with Crippen molar-refractivity contribution in [3.63, 3.8) is 0 Å². The van der Waals surface area contributed by atoms with Crippen molar-refractivity contribution in [3.05, 3.63) is 29.8 Å². The molecule has 0 aromatic heterocycles. The molecule has 2 saturated heterocycles. The summed E-state index contributed by atoms with van der Waals surface area (Å²) in [4.78, 5) is 7.11. The molecule has 0 aliphatic carbocycles. The van der Waals surface area contributed by atoms with E-state index in [0.29, 0.717) is 19.3 Å². The van der Waals surface area contributed by atoms with Crippen LogP contribution in [0.4, 0.5) is 0 Å². The second-order valence-corrected chi connectivity index (χ2v) is 7.12. The monoisotopic (exact) mass is 518 g/mol. The SMILES string of the molecule is CCNC(=NCc1ccccc1OCCN1CCOCC1)NCC1CCCO1.I. The highest BCUT2D eigenvalue weighted by molar-refractivity contribution is 14.0. The zero-order valence-corrected chi connectivity index (χ0v) is 19.7. The largest absolute Gasteiger partial charge is 0.492 e. The minimum atomic E-state index is 0. The van der Waals surface area contributed by atoms with Gasteiger partial charge in [0.2, 0.25) is 0 Å². The molecule has 29 heavy (non-hydrogen) atoms. The Balaban J connectivity index is 0.00000300. The van der Waals surface area contributed by atoms with Crippen molar-refractivity contribution < 1.29 is 14.2 Å². The van der Waals surface area contributed by atoms with Crippen molar-refractivity contribution in [2.45, 2.75) is 32.4 Å². The third-order valence-electron chi connectivity index (χ3n) is 5.01. The Hall–Kier alpha value is -1.10. The Morgan fingerprint density at radius 1 is 1.21 bits per heavy atom. The van der Waals surface area contributed by atoms with Crippen LogP contribution in [0.15, 0.2) is 29.3 Å². The fourth-order valence-corrected chi connectivity index (χ4v) is 3.41. The van der Waals surface area contributed by atoms with Crippen LogP contribution in [0.3, 0.4) is 0 Å². The van der Waals surface area contributed by atoms with E-state index in [2.05, 4.69) is 28.5 Å². The van der Waals surface area contributed by atoms with Gasteiger partial charge >= 0.3 is 0 Å². The lowest BCUT2D eigenvalue weighted by Crippen LogP contribution is -2.41. The van der Waals surface area contributed by atoms with E-state index >= 15 is 0 Å². The van der Waals surface area contributed by atoms with Crippen LogP contribution in [0.25, 0.3) is 0 Å². The summed E-state index contributed by atoms with van der Waals surface area (Å²) in [6, 6.07) is 8.15. The molecule has 1 atom stereocenters. The quantitative estimate of drug-likeness (QED) is 0.297. The summed E-state index contributed by atoms with van der Waals surface area (Å²) < 4.78 is 17.1. The molecule has 0 amide bonds. The Kier molecular flexibility index (Phi) is 11.7. The molecule has 2 heterocycles. The highest BCUT2D eigenvalue weighted by Crippen LogP contribution is 2.19. The third-order valence-corrected chi connectivity index (χ3v) is 5.01. The van der Waals surface area contributed by atoms with Crippen molar-refractivity contribution in [3.8, 4) is 5.75 Å². The number of hydrogen-bond donors (Lipinski definition) is 2.